The number of aliphatic imine (C=N–C) groups is 1. The van der Waals surface area contributed by atoms with Crippen LogP contribution in [-0.4, -0.2) is 42.7 Å². The average Bonchev–Trinajstić information content (AvgIpc) is 2.96. The fourth-order valence-corrected chi connectivity index (χ4v) is 4.06. The molecule has 0 aromatic heterocycles. The van der Waals surface area contributed by atoms with Crippen molar-refractivity contribution in [3.05, 3.63) is 0 Å². The lowest BCUT2D eigenvalue weighted by Gasteiger charge is -2.31. The quantitative estimate of drug-likeness (QED) is 0.439. The smallest absolute Gasteiger partial charge is 0.311 e. The molecule has 3 aliphatic rings. The van der Waals surface area contributed by atoms with Crippen molar-refractivity contribution in [3.63, 3.8) is 0 Å². The third-order valence-corrected chi connectivity index (χ3v) is 4.58. The van der Waals surface area contributed by atoms with Crippen LogP contribution in [0.15, 0.2) is 4.99 Å². The lowest BCUT2D eigenvalue weighted by molar-refractivity contribution is -0.161. The Hall–Kier alpha value is -1.23. The lowest BCUT2D eigenvalue weighted by Crippen LogP contribution is -2.46. The number of hydrogen-bond donors (Lipinski definition) is 0. The molecule has 6 unspecified atom stereocenters. The van der Waals surface area contributed by atoms with E-state index in [1.54, 1.807) is 13.0 Å². The Morgan fingerprint density at radius 1 is 1.35 bits per heavy atom. The van der Waals surface area contributed by atoms with Crippen molar-refractivity contribution in [2.45, 2.75) is 51.2 Å². The van der Waals surface area contributed by atoms with Crippen LogP contribution in [0.1, 0.15) is 27.2 Å². The van der Waals surface area contributed by atoms with E-state index < -0.39 is 17.7 Å². The second kappa shape index (κ2) is 4.65. The number of rotatable bonds is 3. The van der Waals surface area contributed by atoms with Crippen LogP contribution in [0.3, 0.4) is 0 Å². The minimum Gasteiger partial charge on any atom is -0.466 e. The van der Waals surface area contributed by atoms with Crippen molar-refractivity contribution in [3.8, 4) is 0 Å². The van der Waals surface area contributed by atoms with Crippen molar-refractivity contribution in [2.75, 3.05) is 6.61 Å². The van der Waals surface area contributed by atoms with Crippen molar-refractivity contribution in [1.29, 1.82) is 0 Å². The van der Waals surface area contributed by atoms with Gasteiger partial charge in [-0.15, -0.1) is 0 Å². The maximum absolute atomic E-state index is 12.2. The summed E-state index contributed by atoms with van der Waals surface area (Å²) in [4.78, 5) is 26.7. The highest BCUT2D eigenvalue weighted by Gasteiger charge is 2.66. The summed E-state index contributed by atoms with van der Waals surface area (Å²) < 4.78 is 17.0. The Labute approximate surface area is 117 Å². The Morgan fingerprint density at radius 2 is 2.00 bits per heavy atom. The van der Waals surface area contributed by atoms with Crippen molar-refractivity contribution in [2.24, 2.45) is 22.7 Å². The van der Waals surface area contributed by atoms with Crippen LogP contribution in [-0.2, 0) is 23.8 Å². The highest BCUT2D eigenvalue weighted by molar-refractivity contribution is 5.75. The van der Waals surface area contributed by atoms with Gasteiger partial charge in [-0.2, -0.15) is 0 Å². The Bertz CT molecular complexity index is 470. The van der Waals surface area contributed by atoms with Crippen LogP contribution in [0.5, 0.6) is 0 Å². The summed E-state index contributed by atoms with van der Waals surface area (Å²) in [6.07, 6.45) is 2.17. The molecule has 20 heavy (non-hydrogen) atoms. The first-order valence-corrected chi connectivity index (χ1v) is 7.07. The van der Waals surface area contributed by atoms with Gasteiger partial charge in [-0.05, 0) is 27.2 Å². The van der Waals surface area contributed by atoms with E-state index in [-0.39, 0.29) is 30.0 Å². The SMILES string of the molecule is CCOC(=O)C1C2CC(C1N=C=O)C1OC(C)(C)OC21. The Morgan fingerprint density at radius 3 is 2.60 bits per heavy atom. The van der Waals surface area contributed by atoms with Gasteiger partial charge in [0.25, 0.3) is 0 Å². The average molecular weight is 281 g/mol. The normalized spacial score (nSPS) is 44.0. The monoisotopic (exact) mass is 281 g/mol. The lowest BCUT2D eigenvalue weighted by atomic mass is 9.81. The van der Waals surface area contributed by atoms with Crippen LogP contribution >= 0.6 is 0 Å². The van der Waals surface area contributed by atoms with Gasteiger partial charge >= 0.3 is 5.97 Å². The molecule has 0 radical (unpaired) electrons. The van der Waals surface area contributed by atoms with E-state index in [2.05, 4.69) is 4.99 Å². The van der Waals surface area contributed by atoms with E-state index in [4.69, 9.17) is 14.2 Å². The van der Waals surface area contributed by atoms with Gasteiger partial charge < -0.3 is 14.2 Å². The number of isocyanates is 1. The molecular weight excluding hydrogens is 262 g/mol. The van der Waals surface area contributed by atoms with Crippen LogP contribution in [0, 0.1) is 17.8 Å². The molecule has 0 amide bonds. The molecular formula is C14H19NO5. The molecule has 6 heteroatoms. The van der Waals surface area contributed by atoms with Gasteiger partial charge in [-0.1, -0.05) is 0 Å². The summed E-state index contributed by atoms with van der Waals surface area (Å²) in [6.45, 7) is 5.82. The van der Waals surface area contributed by atoms with Gasteiger partial charge in [0.1, 0.15) is 0 Å². The van der Waals surface area contributed by atoms with Crippen LogP contribution < -0.4 is 0 Å². The number of fused-ring (bicyclic) bond motifs is 5. The zero-order valence-corrected chi connectivity index (χ0v) is 11.9. The molecule has 110 valence electrons. The van der Waals surface area contributed by atoms with Crippen molar-refractivity contribution >= 4 is 12.0 Å². The third-order valence-electron chi connectivity index (χ3n) is 4.58. The molecule has 6 atom stereocenters. The fourth-order valence-electron chi connectivity index (χ4n) is 4.06. The maximum atomic E-state index is 12.2. The van der Waals surface area contributed by atoms with Gasteiger partial charge in [-0.3, -0.25) is 4.79 Å². The second-order valence-electron chi connectivity index (χ2n) is 6.12. The summed E-state index contributed by atoms with van der Waals surface area (Å²) in [5.74, 6) is -1.32. The minimum atomic E-state index is -0.648. The van der Waals surface area contributed by atoms with Gasteiger partial charge in [0, 0.05) is 11.8 Å². The Balaban J connectivity index is 1.89. The van der Waals surface area contributed by atoms with Crippen LogP contribution in [0.25, 0.3) is 0 Å². The Kier molecular flexibility index (Phi) is 3.20. The molecule has 0 spiro atoms. The molecule has 1 aliphatic heterocycles. The molecule has 0 aromatic carbocycles. The minimum absolute atomic E-state index is 0.00734. The third kappa shape index (κ3) is 1.91. The summed E-state index contributed by atoms with van der Waals surface area (Å²) in [5.41, 5.74) is 0. The molecule has 3 fully saturated rings. The van der Waals surface area contributed by atoms with Gasteiger partial charge in [0.2, 0.25) is 6.08 Å². The summed E-state index contributed by atoms with van der Waals surface area (Å²) in [5, 5.41) is 0. The molecule has 2 aliphatic carbocycles. The highest BCUT2D eigenvalue weighted by Crippen LogP contribution is 2.56. The summed E-state index contributed by atoms with van der Waals surface area (Å²) in [6, 6.07) is -0.393. The zero-order chi connectivity index (χ0) is 14.5. The van der Waals surface area contributed by atoms with E-state index >= 15 is 0 Å². The number of esters is 1. The van der Waals surface area contributed by atoms with Crippen LogP contribution in [0.4, 0.5) is 0 Å². The van der Waals surface area contributed by atoms with Crippen molar-refractivity contribution in [1.82, 2.24) is 0 Å². The van der Waals surface area contributed by atoms with E-state index in [9.17, 15) is 9.59 Å². The summed E-state index contributed by atoms with van der Waals surface area (Å²) >= 11 is 0. The number of carbonyl (C=O) groups is 1. The number of carbonyl (C=O) groups excluding carboxylic acids is 2. The molecule has 3 rings (SSSR count). The van der Waals surface area contributed by atoms with Gasteiger partial charge in [0.15, 0.2) is 5.79 Å². The fraction of sp³-hybridized carbons (Fsp3) is 0.857. The first kappa shape index (κ1) is 13.7. The predicted octanol–water partition coefficient (Wildman–Crippen LogP) is 1.04. The molecule has 0 aromatic rings. The second-order valence-corrected chi connectivity index (χ2v) is 6.12. The first-order valence-electron chi connectivity index (χ1n) is 7.07. The summed E-state index contributed by atoms with van der Waals surface area (Å²) in [7, 11) is 0. The number of nitrogens with zero attached hydrogens (tertiary/aromatic N) is 1. The van der Waals surface area contributed by atoms with Gasteiger partial charge in [-0.25, -0.2) is 9.79 Å². The number of ether oxygens (including phenoxy) is 3. The first-order chi connectivity index (χ1) is 9.48. The molecule has 0 N–H and O–H groups in total. The highest BCUT2D eigenvalue weighted by atomic mass is 16.8. The molecule has 2 saturated carbocycles. The number of hydrogen-bond acceptors (Lipinski definition) is 6. The van der Waals surface area contributed by atoms with Gasteiger partial charge in [0.05, 0.1) is 30.8 Å². The topological polar surface area (TPSA) is 74.2 Å². The predicted molar refractivity (Wildman–Crippen MR) is 67.5 cm³/mol. The standard InChI is InChI=1S/C14H19NO5/c1-4-18-13(17)9-7-5-8(10(9)15-6-16)12-11(7)19-14(2,3)20-12/h7-12H,4-5H2,1-3H3. The molecule has 1 heterocycles. The largest absolute Gasteiger partial charge is 0.466 e. The van der Waals surface area contributed by atoms with Crippen LogP contribution in [0.2, 0.25) is 0 Å². The zero-order valence-electron chi connectivity index (χ0n) is 11.9. The van der Waals surface area contributed by atoms with E-state index in [0.717, 1.165) is 6.42 Å². The molecule has 6 nitrogen and oxygen atoms in total. The van der Waals surface area contributed by atoms with E-state index in [1.807, 2.05) is 13.8 Å². The molecule has 1 saturated heterocycles. The van der Waals surface area contributed by atoms with E-state index in [1.165, 1.54) is 0 Å². The van der Waals surface area contributed by atoms with Crippen molar-refractivity contribution < 1.29 is 23.8 Å². The van der Waals surface area contributed by atoms with E-state index in [0.29, 0.717) is 6.61 Å². The molecule has 2 bridgehead atoms. The maximum Gasteiger partial charge on any atom is 0.311 e.